The van der Waals surface area contributed by atoms with Crippen LogP contribution in [0.1, 0.15) is 106 Å². The topological polar surface area (TPSA) is 129 Å². The lowest BCUT2D eigenvalue weighted by molar-refractivity contribution is -0.129. The lowest BCUT2D eigenvalue weighted by Gasteiger charge is -2.24. The molecule has 4 unspecified atom stereocenters. The predicted octanol–water partition coefficient (Wildman–Crippen LogP) is 4.75. The molecule has 0 aliphatic carbocycles. The SMILES string of the molecule is CCC.CCCCCCCC(=O)SCC/C=C/C1CC(=O)NCC(C)NC(CC)C2=NC(C)(CS2)C(=O)NCC(=O)N1. The van der Waals surface area contributed by atoms with Crippen LogP contribution < -0.4 is 21.3 Å². The van der Waals surface area contributed by atoms with Crippen molar-refractivity contribution in [2.24, 2.45) is 4.99 Å². The van der Waals surface area contributed by atoms with Crippen molar-refractivity contribution in [3.8, 4) is 0 Å². The molecule has 0 fully saturated rings. The van der Waals surface area contributed by atoms with Crippen LogP contribution >= 0.6 is 23.5 Å². The Morgan fingerprint density at radius 2 is 1.79 bits per heavy atom. The first-order valence-electron chi connectivity index (χ1n) is 15.7. The summed E-state index contributed by atoms with van der Waals surface area (Å²) in [5.74, 6) is 0.353. The number of amides is 3. The molecule has 42 heavy (non-hydrogen) atoms. The van der Waals surface area contributed by atoms with Crippen LogP contribution in [0.4, 0.5) is 0 Å². The fourth-order valence-corrected chi connectivity index (χ4v) is 6.44. The van der Waals surface area contributed by atoms with Crippen LogP contribution in [0.2, 0.25) is 0 Å². The number of nitrogens with zero attached hydrogens (tertiary/aromatic N) is 1. The van der Waals surface area contributed by atoms with Gasteiger partial charge in [0.1, 0.15) is 5.54 Å². The van der Waals surface area contributed by atoms with E-state index in [-0.39, 0.29) is 47.9 Å². The number of unbranched alkanes of at least 4 members (excludes halogenated alkanes) is 4. The molecule has 0 saturated heterocycles. The van der Waals surface area contributed by atoms with E-state index in [4.69, 9.17) is 4.99 Å². The first-order chi connectivity index (χ1) is 20.1. The average Bonchev–Trinajstić information content (AvgIpc) is 3.36. The summed E-state index contributed by atoms with van der Waals surface area (Å²) in [7, 11) is 0. The molecule has 2 heterocycles. The average molecular weight is 626 g/mol. The number of nitrogens with one attached hydrogen (secondary N) is 4. The quantitative estimate of drug-likeness (QED) is 0.193. The molecule has 240 valence electrons. The number of rotatable bonds is 11. The van der Waals surface area contributed by atoms with Crippen molar-refractivity contribution in [1.29, 1.82) is 0 Å². The van der Waals surface area contributed by atoms with Crippen molar-refractivity contribution >= 4 is 51.4 Å². The number of carbonyl (C=O) groups excluding carboxylic acids is 4. The van der Waals surface area contributed by atoms with Crippen LogP contribution in [0.3, 0.4) is 0 Å². The Balaban J connectivity index is 0.00000281. The molecule has 0 saturated carbocycles. The van der Waals surface area contributed by atoms with E-state index in [0.29, 0.717) is 30.9 Å². The minimum absolute atomic E-state index is 0.000535. The van der Waals surface area contributed by atoms with Crippen molar-refractivity contribution in [1.82, 2.24) is 21.3 Å². The largest absolute Gasteiger partial charge is 0.354 e. The molecule has 0 aromatic rings. The zero-order chi connectivity index (χ0) is 31.4. The Kier molecular flexibility index (Phi) is 19.8. The molecule has 0 spiro atoms. The van der Waals surface area contributed by atoms with Gasteiger partial charge in [0.25, 0.3) is 0 Å². The first-order valence-corrected chi connectivity index (χ1v) is 17.7. The van der Waals surface area contributed by atoms with Crippen molar-refractivity contribution < 1.29 is 19.2 Å². The van der Waals surface area contributed by atoms with Crippen LogP contribution in [0, 0.1) is 0 Å². The predicted molar refractivity (Wildman–Crippen MR) is 178 cm³/mol. The van der Waals surface area contributed by atoms with Gasteiger partial charge in [0, 0.05) is 30.5 Å². The van der Waals surface area contributed by atoms with Gasteiger partial charge in [0.15, 0.2) is 5.12 Å². The van der Waals surface area contributed by atoms with Crippen LogP contribution in [0.15, 0.2) is 17.1 Å². The van der Waals surface area contributed by atoms with E-state index in [1.165, 1.54) is 37.4 Å². The van der Waals surface area contributed by atoms with Gasteiger partial charge >= 0.3 is 0 Å². The molecule has 0 aromatic carbocycles. The maximum atomic E-state index is 12.9. The molecule has 0 aromatic heterocycles. The zero-order valence-electron chi connectivity index (χ0n) is 26.7. The third-order valence-electron chi connectivity index (χ3n) is 6.71. The standard InChI is InChI=1S/C28H47N5O4S2.C3H8/c1-5-7-8-9-10-14-25(36)38-15-12-11-13-21-16-23(34)29-17-20(3)31-22(6-2)26-33-28(4,19-39-26)27(37)30-18-24(35)32-21;1-3-2/h11,13,20-22,31H,5-10,12,14-19H2,1-4H3,(H,29,34)(H,30,37)(H,32,35);3H2,1-2H3/b13-11+;. The lowest BCUT2D eigenvalue weighted by Crippen LogP contribution is -2.50. The van der Waals surface area contributed by atoms with E-state index in [1.807, 2.05) is 13.0 Å². The summed E-state index contributed by atoms with van der Waals surface area (Å²) in [4.78, 5) is 55.0. The molecule has 2 rings (SSSR count). The highest BCUT2D eigenvalue weighted by molar-refractivity contribution is 8.14. The molecule has 4 atom stereocenters. The second-order valence-corrected chi connectivity index (χ2v) is 13.4. The van der Waals surface area contributed by atoms with Crippen molar-refractivity contribution in [2.75, 3.05) is 24.6 Å². The molecule has 2 aliphatic heterocycles. The fourth-order valence-electron chi connectivity index (χ4n) is 4.34. The van der Waals surface area contributed by atoms with E-state index in [2.05, 4.69) is 49.0 Å². The Bertz CT molecular complexity index is 914. The summed E-state index contributed by atoms with van der Waals surface area (Å²) >= 11 is 2.90. The van der Waals surface area contributed by atoms with Gasteiger partial charge in [-0.05, 0) is 33.1 Å². The molecular weight excluding hydrogens is 571 g/mol. The normalized spacial score (nSPS) is 25.6. The fraction of sp³-hybridized carbons (Fsp3) is 0.774. The third kappa shape index (κ3) is 15.6. The summed E-state index contributed by atoms with van der Waals surface area (Å²) in [5.41, 5.74) is -0.923. The van der Waals surface area contributed by atoms with Crippen LogP contribution in [-0.4, -0.2) is 76.1 Å². The highest BCUT2D eigenvalue weighted by atomic mass is 32.2. The van der Waals surface area contributed by atoms with E-state index in [9.17, 15) is 19.2 Å². The third-order valence-corrected chi connectivity index (χ3v) is 9.05. The highest BCUT2D eigenvalue weighted by Crippen LogP contribution is 2.30. The van der Waals surface area contributed by atoms with Crippen molar-refractivity contribution in [3.63, 3.8) is 0 Å². The molecule has 11 heteroatoms. The number of aliphatic imine (C=N–C) groups is 1. The number of thioether (sulfide) groups is 2. The van der Waals surface area contributed by atoms with Gasteiger partial charge in [-0.3, -0.25) is 24.2 Å². The number of allylic oxidation sites excluding steroid dienone is 1. The Hall–Kier alpha value is -1.85. The molecule has 9 nitrogen and oxygen atoms in total. The van der Waals surface area contributed by atoms with Crippen molar-refractivity contribution in [2.45, 2.75) is 129 Å². The molecule has 3 amide bonds. The lowest BCUT2D eigenvalue weighted by atomic mass is 10.1. The van der Waals surface area contributed by atoms with Crippen molar-refractivity contribution in [3.05, 3.63) is 12.2 Å². The summed E-state index contributed by atoms with van der Waals surface area (Å²) in [6, 6.07) is -0.523. The minimum Gasteiger partial charge on any atom is -0.354 e. The van der Waals surface area contributed by atoms with E-state index in [1.54, 1.807) is 24.8 Å². The van der Waals surface area contributed by atoms with Gasteiger partial charge in [0.05, 0.1) is 30.1 Å². The van der Waals surface area contributed by atoms with E-state index < -0.39 is 11.6 Å². The van der Waals surface area contributed by atoms with Gasteiger partial charge in [-0.15, -0.1) is 11.8 Å². The molecule has 4 N–H and O–H groups in total. The molecule has 2 bridgehead atoms. The monoisotopic (exact) mass is 625 g/mol. The second kappa shape index (κ2) is 21.8. The van der Waals surface area contributed by atoms with Gasteiger partial charge in [-0.2, -0.15) is 0 Å². The molecule has 2 aliphatic rings. The Labute approximate surface area is 262 Å². The number of carbonyl (C=O) groups is 4. The summed E-state index contributed by atoms with van der Waals surface area (Å²) < 4.78 is 0. The Morgan fingerprint density at radius 3 is 2.48 bits per heavy atom. The van der Waals surface area contributed by atoms with Crippen LogP contribution in [-0.2, 0) is 19.2 Å². The number of fused-ring (bicyclic) bond motifs is 1. The van der Waals surface area contributed by atoms with Crippen LogP contribution in [0.25, 0.3) is 0 Å². The maximum Gasteiger partial charge on any atom is 0.248 e. The summed E-state index contributed by atoms with van der Waals surface area (Å²) in [5, 5.41) is 13.1. The smallest absolute Gasteiger partial charge is 0.248 e. The van der Waals surface area contributed by atoms with Gasteiger partial charge in [-0.1, -0.05) is 83.7 Å². The van der Waals surface area contributed by atoms with Crippen LogP contribution in [0.5, 0.6) is 0 Å². The first kappa shape index (κ1) is 38.2. The second-order valence-electron chi connectivity index (χ2n) is 11.2. The van der Waals surface area contributed by atoms with Gasteiger partial charge < -0.3 is 21.3 Å². The number of hydrogen-bond donors (Lipinski definition) is 4. The minimum atomic E-state index is -0.923. The highest BCUT2D eigenvalue weighted by Gasteiger charge is 2.40. The summed E-state index contributed by atoms with van der Waals surface area (Å²) in [6.45, 7) is 12.5. The van der Waals surface area contributed by atoms with Gasteiger partial charge in [0.2, 0.25) is 17.7 Å². The number of hydrogen-bond acceptors (Lipinski definition) is 8. The zero-order valence-corrected chi connectivity index (χ0v) is 28.3. The van der Waals surface area contributed by atoms with E-state index >= 15 is 0 Å². The Morgan fingerprint density at radius 1 is 1.07 bits per heavy atom. The summed E-state index contributed by atoms with van der Waals surface area (Å²) in [6.07, 6.45) is 12.8. The maximum absolute atomic E-state index is 12.9. The molecule has 0 radical (unpaired) electrons. The van der Waals surface area contributed by atoms with E-state index in [0.717, 1.165) is 24.3 Å². The van der Waals surface area contributed by atoms with Gasteiger partial charge in [-0.25, -0.2) is 0 Å². The molecular formula is C31H55N5O4S2.